The fraction of sp³-hybridized carbons (Fsp3) is 0.778. The highest BCUT2D eigenvalue weighted by molar-refractivity contribution is 5.92. The van der Waals surface area contributed by atoms with Gasteiger partial charge in [0.1, 0.15) is 0 Å². The second kappa shape index (κ2) is 3.36. The van der Waals surface area contributed by atoms with Crippen molar-refractivity contribution in [3.63, 3.8) is 0 Å². The summed E-state index contributed by atoms with van der Waals surface area (Å²) in [5.74, 6) is 0.234. The molecule has 2 aliphatic carbocycles. The summed E-state index contributed by atoms with van der Waals surface area (Å²) in [5, 5.41) is 12.3. The van der Waals surface area contributed by atoms with Crippen LogP contribution in [0.1, 0.15) is 25.7 Å². The summed E-state index contributed by atoms with van der Waals surface area (Å²) in [6.07, 6.45) is 4.80. The van der Waals surface area contributed by atoms with Crippen LogP contribution < -0.4 is 0 Å². The monoisotopic (exact) mass is 183 g/mol. The van der Waals surface area contributed by atoms with E-state index in [2.05, 4.69) is 5.16 Å². The average molecular weight is 183 g/mol. The molecule has 4 heteroatoms. The standard InChI is InChI=1S/C9H13NO3/c11-8(12)5-13-10-9(6-1-2-6)7-3-4-7/h6-7H,1-5H2,(H,11,12). The average Bonchev–Trinajstić information content (AvgIpc) is 2.89. The van der Waals surface area contributed by atoms with Crippen LogP contribution >= 0.6 is 0 Å². The quantitative estimate of drug-likeness (QED) is 0.515. The van der Waals surface area contributed by atoms with Crippen molar-refractivity contribution in [2.75, 3.05) is 6.61 Å². The highest BCUT2D eigenvalue weighted by Gasteiger charge is 2.38. The van der Waals surface area contributed by atoms with Crippen molar-refractivity contribution in [3.8, 4) is 0 Å². The Kier molecular flexibility index (Phi) is 2.20. The maximum Gasteiger partial charge on any atom is 0.344 e. The van der Waals surface area contributed by atoms with E-state index in [0.29, 0.717) is 11.8 Å². The van der Waals surface area contributed by atoms with Crippen LogP contribution in [0.15, 0.2) is 5.16 Å². The molecule has 0 aromatic heterocycles. The summed E-state index contributed by atoms with van der Waals surface area (Å²) in [6.45, 7) is -0.317. The van der Waals surface area contributed by atoms with Crippen LogP contribution in [0.25, 0.3) is 0 Å². The van der Waals surface area contributed by atoms with Crippen LogP contribution in [0, 0.1) is 11.8 Å². The van der Waals surface area contributed by atoms with Gasteiger partial charge in [0.2, 0.25) is 6.61 Å². The predicted molar refractivity (Wildman–Crippen MR) is 46.5 cm³/mol. The molecule has 72 valence electrons. The third kappa shape index (κ3) is 2.44. The Hall–Kier alpha value is -1.06. The van der Waals surface area contributed by atoms with Gasteiger partial charge >= 0.3 is 5.97 Å². The van der Waals surface area contributed by atoms with E-state index in [1.807, 2.05) is 0 Å². The zero-order valence-electron chi connectivity index (χ0n) is 7.40. The van der Waals surface area contributed by atoms with Crippen molar-refractivity contribution in [1.29, 1.82) is 0 Å². The number of carbonyl (C=O) groups is 1. The third-order valence-corrected chi connectivity index (χ3v) is 2.35. The maximum atomic E-state index is 10.2. The largest absolute Gasteiger partial charge is 0.479 e. The van der Waals surface area contributed by atoms with Crippen LogP contribution in [0.4, 0.5) is 0 Å². The van der Waals surface area contributed by atoms with Gasteiger partial charge in [-0.2, -0.15) is 0 Å². The molecule has 0 unspecified atom stereocenters. The van der Waals surface area contributed by atoms with Gasteiger partial charge in [0.25, 0.3) is 0 Å². The number of carboxylic acids is 1. The minimum Gasteiger partial charge on any atom is -0.479 e. The second-order valence-corrected chi connectivity index (χ2v) is 3.73. The van der Waals surface area contributed by atoms with Gasteiger partial charge in [-0.15, -0.1) is 0 Å². The molecule has 1 N–H and O–H groups in total. The number of aliphatic carboxylic acids is 1. The second-order valence-electron chi connectivity index (χ2n) is 3.73. The molecule has 0 heterocycles. The Labute approximate surface area is 76.6 Å². The van der Waals surface area contributed by atoms with Crippen LogP contribution in [0.5, 0.6) is 0 Å². The van der Waals surface area contributed by atoms with Gasteiger partial charge in [-0.05, 0) is 25.7 Å². The highest BCUT2D eigenvalue weighted by Crippen LogP contribution is 2.42. The fourth-order valence-corrected chi connectivity index (χ4v) is 1.40. The molecule has 0 bridgehead atoms. The first-order valence-electron chi connectivity index (χ1n) is 4.69. The molecule has 2 rings (SSSR count). The van der Waals surface area contributed by atoms with Crippen molar-refractivity contribution in [3.05, 3.63) is 0 Å². The molecule has 0 radical (unpaired) electrons. The molecule has 0 amide bonds. The molecule has 0 aromatic carbocycles. The Morgan fingerprint density at radius 3 is 2.23 bits per heavy atom. The van der Waals surface area contributed by atoms with Gasteiger partial charge in [0.05, 0.1) is 5.71 Å². The minimum atomic E-state index is -0.963. The van der Waals surface area contributed by atoms with Crippen molar-refractivity contribution in [1.82, 2.24) is 0 Å². The predicted octanol–water partition coefficient (Wildman–Crippen LogP) is 1.26. The molecule has 0 aliphatic heterocycles. The number of rotatable bonds is 5. The zero-order valence-corrected chi connectivity index (χ0v) is 7.40. The minimum absolute atomic E-state index is 0.317. The lowest BCUT2D eigenvalue weighted by Gasteiger charge is -2.01. The molecular weight excluding hydrogens is 170 g/mol. The van der Waals surface area contributed by atoms with Crippen LogP contribution in [-0.4, -0.2) is 23.4 Å². The highest BCUT2D eigenvalue weighted by atomic mass is 16.6. The van der Waals surface area contributed by atoms with E-state index in [0.717, 1.165) is 5.71 Å². The molecule has 0 atom stereocenters. The molecule has 0 aromatic rings. The summed E-state index contributed by atoms with van der Waals surface area (Å²) < 4.78 is 0. The number of carboxylic acid groups (broad SMARTS) is 1. The molecule has 2 aliphatic rings. The van der Waals surface area contributed by atoms with Crippen LogP contribution in [-0.2, 0) is 9.63 Å². The van der Waals surface area contributed by atoms with Crippen molar-refractivity contribution < 1.29 is 14.7 Å². The molecule has 2 saturated carbocycles. The van der Waals surface area contributed by atoms with E-state index in [-0.39, 0.29) is 6.61 Å². The zero-order chi connectivity index (χ0) is 9.26. The van der Waals surface area contributed by atoms with Crippen LogP contribution in [0.2, 0.25) is 0 Å². The van der Waals surface area contributed by atoms with E-state index < -0.39 is 5.97 Å². The molecule has 13 heavy (non-hydrogen) atoms. The number of hydrogen-bond donors (Lipinski definition) is 1. The molecule has 0 spiro atoms. The summed E-state index contributed by atoms with van der Waals surface area (Å²) in [7, 11) is 0. The van der Waals surface area contributed by atoms with Crippen molar-refractivity contribution in [2.45, 2.75) is 25.7 Å². The van der Waals surface area contributed by atoms with E-state index in [4.69, 9.17) is 9.94 Å². The number of oxime groups is 1. The fourth-order valence-electron chi connectivity index (χ4n) is 1.40. The van der Waals surface area contributed by atoms with Crippen molar-refractivity contribution >= 4 is 11.7 Å². The third-order valence-electron chi connectivity index (χ3n) is 2.35. The number of hydrogen-bond acceptors (Lipinski definition) is 3. The summed E-state index contributed by atoms with van der Waals surface area (Å²) in [6, 6.07) is 0. The summed E-state index contributed by atoms with van der Waals surface area (Å²) in [4.78, 5) is 14.9. The first kappa shape index (κ1) is 8.53. The molecular formula is C9H13NO3. The lowest BCUT2D eigenvalue weighted by Crippen LogP contribution is -2.08. The van der Waals surface area contributed by atoms with Crippen LogP contribution in [0.3, 0.4) is 0 Å². The van der Waals surface area contributed by atoms with Gasteiger partial charge in [0, 0.05) is 11.8 Å². The lowest BCUT2D eigenvalue weighted by atomic mass is 10.2. The Balaban J connectivity index is 1.82. The molecule has 2 fully saturated rings. The lowest BCUT2D eigenvalue weighted by molar-refractivity contribution is -0.142. The summed E-state index contributed by atoms with van der Waals surface area (Å²) >= 11 is 0. The SMILES string of the molecule is O=C(O)CON=C(C1CC1)C1CC1. The maximum absolute atomic E-state index is 10.2. The topological polar surface area (TPSA) is 58.9 Å². The van der Waals surface area contributed by atoms with E-state index in [1.165, 1.54) is 25.7 Å². The van der Waals surface area contributed by atoms with Crippen molar-refractivity contribution in [2.24, 2.45) is 17.0 Å². The first-order chi connectivity index (χ1) is 6.27. The van der Waals surface area contributed by atoms with Gasteiger partial charge < -0.3 is 9.94 Å². The van der Waals surface area contributed by atoms with Gasteiger partial charge in [-0.1, -0.05) is 5.16 Å². The normalized spacial score (nSPS) is 20.9. The van der Waals surface area contributed by atoms with E-state index >= 15 is 0 Å². The number of nitrogens with zero attached hydrogens (tertiary/aromatic N) is 1. The van der Waals surface area contributed by atoms with E-state index in [9.17, 15) is 4.79 Å². The smallest absolute Gasteiger partial charge is 0.344 e. The Morgan fingerprint density at radius 1 is 1.31 bits per heavy atom. The molecule has 4 nitrogen and oxygen atoms in total. The van der Waals surface area contributed by atoms with Gasteiger partial charge in [0.15, 0.2) is 0 Å². The molecule has 0 saturated heterocycles. The van der Waals surface area contributed by atoms with Gasteiger partial charge in [-0.3, -0.25) is 0 Å². The van der Waals surface area contributed by atoms with Gasteiger partial charge in [-0.25, -0.2) is 4.79 Å². The Bertz CT molecular complexity index is 227. The first-order valence-corrected chi connectivity index (χ1v) is 4.69. The summed E-state index contributed by atoms with van der Waals surface area (Å²) in [5.41, 5.74) is 1.11. The van der Waals surface area contributed by atoms with E-state index in [1.54, 1.807) is 0 Å². The Morgan fingerprint density at radius 2 is 1.85 bits per heavy atom.